The average molecular weight is 211 g/mol. The van der Waals surface area contributed by atoms with Crippen molar-refractivity contribution >= 4 is 0 Å². The fourth-order valence-corrected chi connectivity index (χ4v) is 2.91. The number of nitrogens with one attached hydrogen (secondary N) is 1. The maximum absolute atomic E-state index is 9.38. The summed E-state index contributed by atoms with van der Waals surface area (Å²) in [5.41, 5.74) is 0.256. The number of hydrogen-bond acceptors (Lipinski definition) is 2. The lowest BCUT2D eigenvalue weighted by Gasteiger charge is -2.41. The fraction of sp³-hybridized carbons (Fsp3) is 1.00. The monoisotopic (exact) mass is 211 g/mol. The minimum atomic E-state index is 0.256. The number of rotatable bonds is 4. The Morgan fingerprint density at radius 1 is 1.00 bits per heavy atom. The van der Waals surface area contributed by atoms with Gasteiger partial charge < -0.3 is 10.4 Å². The molecule has 0 atom stereocenters. The van der Waals surface area contributed by atoms with Crippen LogP contribution in [0.2, 0.25) is 0 Å². The standard InChI is InChI=1S/C13H25NO/c15-11-13(8-5-9-13)10-14-12-6-3-1-2-4-7-12/h12,14-15H,1-11H2. The summed E-state index contributed by atoms with van der Waals surface area (Å²) in [5, 5.41) is 13.1. The molecule has 0 heterocycles. The summed E-state index contributed by atoms with van der Waals surface area (Å²) in [6, 6.07) is 0.733. The highest BCUT2D eigenvalue weighted by atomic mass is 16.3. The first kappa shape index (κ1) is 11.4. The van der Waals surface area contributed by atoms with Gasteiger partial charge in [-0.1, -0.05) is 32.1 Å². The molecule has 0 aromatic rings. The van der Waals surface area contributed by atoms with E-state index in [1.807, 2.05) is 0 Å². The largest absolute Gasteiger partial charge is 0.396 e. The van der Waals surface area contributed by atoms with Gasteiger partial charge in [0, 0.05) is 24.6 Å². The molecule has 2 aliphatic rings. The van der Waals surface area contributed by atoms with Gasteiger partial charge in [0.1, 0.15) is 0 Å². The molecule has 0 aromatic carbocycles. The lowest BCUT2D eigenvalue weighted by Crippen LogP contribution is -2.45. The van der Waals surface area contributed by atoms with Gasteiger partial charge in [-0.3, -0.25) is 0 Å². The predicted octanol–water partition coefficient (Wildman–Crippen LogP) is 2.46. The zero-order valence-corrected chi connectivity index (χ0v) is 9.80. The van der Waals surface area contributed by atoms with Crippen LogP contribution in [0.4, 0.5) is 0 Å². The van der Waals surface area contributed by atoms with Gasteiger partial charge in [-0.2, -0.15) is 0 Å². The van der Waals surface area contributed by atoms with E-state index in [4.69, 9.17) is 0 Å². The van der Waals surface area contributed by atoms with Crippen LogP contribution in [0.25, 0.3) is 0 Å². The first-order chi connectivity index (χ1) is 7.35. The van der Waals surface area contributed by atoms with Crippen LogP contribution < -0.4 is 5.32 Å². The maximum Gasteiger partial charge on any atom is 0.0499 e. The van der Waals surface area contributed by atoms with E-state index >= 15 is 0 Å². The van der Waals surface area contributed by atoms with E-state index in [1.54, 1.807) is 0 Å². The van der Waals surface area contributed by atoms with E-state index in [9.17, 15) is 5.11 Å². The molecule has 0 radical (unpaired) electrons. The van der Waals surface area contributed by atoms with Gasteiger partial charge in [0.05, 0.1) is 0 Å². The van der Waals surface area contributed by atoms with Crippen molar-refractivity contribution in [3.63, 3.8) is 0 Å². The third-order valence-electron chi connectivity index (χ3n) is 4.37. The second-order valence-corrected chi connectivity index (χ2v) is 5.58. The van der Waals surface area contributed by atoms with Crippen LogP contribution in [0, 0.1) is 5.41 Å². The summed E-state index contributed by atoms with van der Waals surface area (Å²) in [7, 11) is 0. The zero-order chi connectivity index (χ0) is 10.6. The summed E-state index contributed by atoms with van der Waals surface area (Å²) >= 11 is 0. The van der Waals surface area contributed by atoms with Gasteiger partial charge in [-0.25, -0.2) is 0 Å². The smallest absolute Gasteiger partial charge is 0.0499 e. The lowest BCUT2D eigenvalue weighted by atomic mass is 9.69. The number of aliphatic hydroxyl groups excluding tert-OH is 1. The molecule has 2 fully saturated rings. The van der Waals surface area contributed by atoms with Crippen molar-refractivity contribution in [2.75, 3.05) is 13.2 Å². The maximum atomic E-state index is 9.38. The van der Waals surface area contributed by atoms with Crippen LogP contribution in [0.1, 0.15) is 57.8 Å². The zero-order valence-electron chi connectivity index (χ0n) is 9.80. The molecule has 2 saturated carbocycles. The van der Waals surface area contributed by atoms with E-state index < -0.39 is 0 Å². The lowest BCUT2D eigenvalue weighted by molar-refractivity contribution is 0.0415. The van der Waals surface area contributed by atoms with E-state index in [-0.39, 0.29) is 5.41 Å². The predicted molar refractivity (Wildman–Crippen MR) is 62.9 cm³/mol. The van der Waals surface area contributed by atoms with E-state index in [2.05, 4.69) is 5.32 Å². The quantitative estimate of drug-likeness (QED) is 0.700. The van der Waals surface area contributed by atoms with Gasteiger partial charge in [-0.15, -0.1) is 0 Å². The third-order valence-corrected chi connectivity index (χ3v) is 4.37. The first-order valence-corrected chi connectivity index (χ1v) is 6.69. The normalized spacial score (nSPS) is 27.0. The van der Waals surface area contributed by atoms with Crippen LogP contribution in [0.15, 0.2) is 0 Å². The molecular weight excluding hydrogens is 186 g/mol. The van der Waals surface area contributed by atoms with Crippen molar-refractivity contribution in [2.45, 2.75) is 63.8 Å². The average Bonchev–Trinajstić information content (AvgIpc) is 2.45. The van der Waals surface area contributed by atoms with Crippen molar-refractivity contribution < 1.29 is 5.11 Å². The Morgan fingerprint density at radius 2 is 1.67 bits per heavy atom. The van der Waals surface area contributed by atoms with Gasteiger partial charge in [0.15, 0.2) is 0 Å². The topological polar surface area (TPSA) is 32.3 Å². The number of hydrogen-bond donors (Lipinski definition) is 2. The fourth-order valence-electron chi connectivity index (χ4n) is 2.91. The molecule has 88 valence electrons. The summed E-state index contributed by atoms with van der Waals surface area (Å²) in [6.07, 6.45) is 12.1. The first-order valence-electron chi connectivity index (χ1n) is 6.69. The molecule has 0 aliphatic heterocycles. The van der Waals surface area contributed by atoms with Crippen molar-refractivity contribution in [1.82, 2.24) is 5.32 Å². The highest BCUT2D eigenvalue weighted by molar-refractivity contribution is 4.90. The molecule has 0 spiro atoms. The molecule has 2 aliphatic carbocycles. The van der Waals surface area contributed by atoms with E-state index in [1.165, 1.54) is 57.8 Å². The summed E-state index contributed by atoms with van der Waals surface area (Å²) in [6.45, 7) is 1.43. The van der Waals surface area contributed by atoms with E-state index in [0.29, 0.717) is 6.61 Å². The summed E-state index contributed by atoms with van der Waals surface area (Å²) in [4.78, 5) is 0. The highest BCUT2D eigenvalue weighted by Gasteiger charge is 2.36. The van der Waals surface area contributed by atoms with Gasteiger partial charge in [-0.05, 0) is 25.7 Å². The van der Waals surface area contributed by atoms with Crippen LogP contribution in [0.3, 0.4) is 0 Å². The highest BCUT2D eigenvalue weighted by Crippen LogP contribution is 2.39. The molecule has 0 aromatic heterocycles. The molecule has 2 nitrogen and oxygen atoms in total. The molecule has 2 heteroatoms. The Hall–Kier alpha value is -0.0800. The van der Waals surface area contributed by atoms with Gasteiger partial charge in [0.25, 0.3) is 0 Å². The molecule has 0 amide bonds. The molecule has 0 saturated heterocycles. The van der Waals surface area contributed by atoms with Crippen molar-refractivity contribution in [3.8, 4) is 0 Å². The van der Waals surface area contributed by atoms with Crippen molar-refractivity contribution in [1.29, 1.82) is 0 Å². The Labute approximate surface area is 93.5 Å². The van der Waals surface area contributed by atoms with Crippen LogP contribution in [0.5, 0.6) is 0 Å². The van der Waals surface area contributed by atoms with Crippen LogP contribution in [-0.4, -0.2) is 24.3 Å². The summed E-state index contributed by atoms with van der Waals surface area (Å²) in [5.74, 6) is 0. The van der Waals surface area contributed by atoms with Crippen LogP contribution >= 0.6 is 0 Å². The minimum Gasteiger partial charge on any atom is -0.396 e. The second-order valence-electron chi connectivity index (χ2n) is 5.58. The van der Waals surface area contributed by atoms with Crippen molar-refractivity contribution in [3.05, 3.63) is 0 Å². The Morgan fingerprint density at radius 3 is 2.13 bits per heavy atom. The second kappa shape index (κ2) is 5.31. The van der Waals surface area contributed by atoms with Crippen molar-refractivity contribution in [2.24, 2.45) is 5.41 Å². The third kappa shape index (κ3) is 2.94. The molecular formula is C13H25NO. The minimum absolute atomic E-state index is 0.256. The SMILES string of the molecule is OCC1(CNC2CCCCCC2)CCC1. The van der Waals surface area contributed by atoms with Gasteiger partial charge in [0.2, 0.25) is 0 Å². The molecule has 0 unspecified atom stereocenters. The molecule has 2 rings (SSSR count). The Bertz CT molecular complexity index is 175. The van der Waals surface area contributed by atoms with Crippen LogP contribution in [-0.2, 0) is 0 Å². The van der Waals surface area contributed by atoms with Gasteiger partial charge >= 0.3 is 0 Å². The molecule has 0 bridgehead atoms. The molecule has 2 N–H and O–H groups in total. The summed E-state index contributed by atoms with van der Waals surface area (Å²) < 4.78 is 0. The number of aliphatic hydroxyl groups is 1. The van der Waals surface area contributed by atoms with E-state index in [0.717, 1.165) is 12.6 Å². The Kier molecular flexibility index (Phi) is 4.04. The Balaban J connectivity index is 1.71. The molecule has 15 heavy (non-hydrogen) atoms.